The molecule has 2 rings (SSSR count). The Morgan fingerprint density at radius 1 is 0.625 bits per heavy atom. The molecule has 0 bridgehead atoms. The van der Waals surface area contributed by atoms with Gasteiger partial charge in [0.2, 0.25) is 0 Å². The van der Waals surface area contributed by atoms with Gasteiger partial charge in [0.15, 0.2) is 0 Å². The number of benzene rings is 2. The van der Waals surface area contributed by atoms with Gasteiger partial charge in [-0.1, -0.05) is 36.4 Å². The molecule has 82 valence electrons. The molecule has 0 radical (unpaired) electrons. The molecular weight excluding hydrogens is 200 g/mol. The predicted molar refractivity (Wildman–Crippen MR) is 65.0 cm³/mol. The lowest BCUT2D eigenvalue weighted by Gasteiger charge is -2.11. The van der Waals surface area contributed by atoms with Crippen LogP contribution in [0, 0.1) is 0 Å². The topological polar surface area (TPSA) is 18.5 Å². The van der Waals surface area contributed by atoms with Crippen LogP contribution in [0.4, 0.5) is 0 Å². The smallest absolute Gasteiger partial charge is 0.126 e. The van der Waals surface area contributed by atoms with E-state index in [9.17, 15) is 0 Å². The highest BCUT2D eigenvalue weighted by atomic mass is 16.5. The fourth-order valence-corrected chi connectivity index (χ4v) is 1.73. The molecule has 0 atom stereocenters. The number of methoxy groups -OCH3 is 2. The summed E-state index contributed by atoms with van der Waals surface area (Å²) in [6, 6.07) is 15.8. The molecule has 2 heteroatoms. The van der Waals surface area contributed by atoms with Crippen molar-refractivity contribution in [2.24, 2.45) is 0 Å². The Labute approximate surface area is 95.4 Å². The van der Waals surface area contributed by atoms with Crippen LogP contribution in [0.25, 0.3) is 11.1 Å². The molecule has 2 nitrogen and oxygen atoms in total. The third-order valence-corrected chi connectivity index (χ3v) is 2.50. The van der Waals surface area contributed by atoms with Crippen molar-refractivity contribution in [1.82, 2.24) is 0 Å². The highest BCUT2D eigenvalue weighted by molar-refractivity contribution is 5.75. The van der Waals surface area contributed by atoms with Gasteiger partial charge in [0.25, 0.3) is 0 Å². The van der Waals surface area contributed by atoms with Gasteiger partial charge >= 0.3 is 0 Å². The first kappa shape index (κ1) is 10.6. The van der Waals surface area contributed by atoms with Crippen molar-refractivity contribution in [1.29, 1.82) is 0 Å². The Morgan fingerprint density at radius 3 is 1.38 bits per heavy atom. The summed E-state index contributed by atoms with van der Waals surface area (Å²) >= 11 is 0. The first-order valence-corrected chi connectivity index (χ1v) is 5.13. The second-order valence-corrected chi connectivity index (χ2v) is 3.40. The number of hydrogen-bond donors (Lipinski definition) is 0. The summed E-state index contributed by atoms with van der Waals surface area (Å²) in [6.07, 6.45) is 0. The van der Waals surface area contributed by atoms with Crippen molar-refractivity contribution in [3.63, 3.8) is 0 Å². The van der Waals surface area contributed by atoms with E-state index in [1.165, 1.54) is 0 Å². The summed E-state index contributed by atoms with van der Waals surface area (Å²) in [5.74, 6) is 1.71. The predicted octanol–water partition coefficient (Wildman–Crippen LogP) is 3.37. The summed E-state index contributed by atoms with van der Waals surface area (Å²) in [5, 5.41) is 0. The minimum absolute atomic E-state index is 0.854. The molecule has 0 aliphatic rings. The van der Waals surface area contributed by atoms with Crippen molar-refractivity contribution in [3.8, 4) is 22.6 Å². The van der Waals surface area contributed by atoms with Crippen LogP contribution in [-0.4, -0.2) is 14.2 Å². The molecule has 2 aromatic carbocycles. The minimum atomic E-state index is 0.854. The fourth-order valence-electron chi connectivity index (χ4n) is 1.73. The maximum atomic E-state index is 5.34. The zero-order chi connectivity index (χ0) is 11.4. The Bertz CT molecular complexity index is 432. The van der Waals surface area contributed by atoms with E-state index in [2.05, 4.69) is 0 Å². The molecule has 0 saturated carbocycles. The average molecular weight is 214 g/mol. The number of rotatable bonds is 3. The molecule has 0 fully saturated rings. The van der Waals surface area contributed by atoms with E-state index in [0.29, 0.717) is 0 Å². The van der Waals surface area contributed by atoms with E-state index < -0.39 is 0 Å². The maximum absolute atomic E-state index is 5.34. The van der Waals surface area contributed by atoms with E-state index in [-0.39, 0.29) is 0 Å². The number of para-hydroxylation sites is 2. The maximum Gasteiger partial charge on any atom is 0.126 e. The van der Waals surface area contributed by atoms with E-state index in [1.54, 1.807) is 14.2 Å². The molecule has 0 aliphatic heterocycles. The lowest BCUT2D eigenvalue weighted by Crippen LogP contribution is -1.90. The monoisotopic (exact) mass is 214 g/mol. The van der Waals surface area contributed by atoms with Crippen LogP contribution >= 0.6 is 0 Å². The van der Waals surface area contributed by atoms with Gasteiger partial charge in [-0.15, -0.1) is 0 Å². The van der Waals surface area contributed by atoms with Gasteiger partial charge in [-0.2, -0.15) is 0 Å². The van der Waals surface area contributed by atoms with Crippen LogP contribution in [0.2, 0.25) is 0 Å². The van der Waals surface area contributed by atoms with Gasteiger partial charge in [-0.05, 0) is 12.1 Å². The van der Waals surface area contributed by atoms with Crippen molar-refractivity contribution in [3.05, 3.63) is 48.5 Å². The third kappa shape index (κ3) is 1.87. The lowest BCUT2D eigenvalue weighted by molar-refractivity contribution is 0.410. The number of ether oxygens (including phenoxy) is 2. The van der Waals surface area contributed by atoms with Gasteiger partial charge in [0.05, 0.1) is 14.2 Å². The summed E-state index contributed by atoms with van der Waals surface area (Å²) in [5.41, 5.74) is 2.09. The molecular formula is C14H14O2. The van der Waals surface area contributed by atoms with Crippen LogP contribution in [0.1, 0.15) is 0 Å². The zero-order valence-electron chi connectivity index (χ0n) is 9.44. The summed E-state index contributed by atoms with van der Waals surface area (Å²) in [4.78, 5) is 0. The highest BCUT2D eigenvalue weighted by Gasteiger charge is 2.08. The Balaban J connectivity index is 2.58. The summed E-state index contributed by atoms with van der Waals surface area (Å²) < 4.78 is 10.7. The molecule has 2 aromatic rings. The molecule has 0 unspecified atom stereocenters. The van der Waals surface area contributed by atoms with E-state index in [0.717, 1.165) is 22.6 Å². The normalized spacial score (nSPS) is 9.88. The van der Waals surface area contributed by atoms with Gasteiger partial charge in [0.1, 0.15) is 11.5 Å². The van der Waals surface area contributed by atoms with Gasteiger partial charge in [-0.25, -0.2) is 0 Å². The SMILES string of the molecule is COc1ccccc1-c1ccccc1OC. The first-order valence-electron chi connectivity index (χ1n) is 5.13. The largest absolute Gasteiger partial charge is 0.496 e. The van der Waals surface area contributed by atoms with Crippen molar-refractivity contribution >= 4 is 0 Å². The van der Waals surface area contributed by atoms with E-state index >= 15 is 0 Å². The van der Waals surface area contributed by atoms with Gasteiger partial charge in [0, 0.05) is 11.1 Å². The van der Waals surface area contributed by atoms with Crippen molar-refractivity contribution in [2.45, 2.75) is 0 Å². The Kier molecular flexibility index (Phi) is 3.10. The van der Waals surface area contributed by atoms with Crippen LogP contribution in [0.5, 0.6) is 11.5 Å². The Morgan fingerprint density at radius 2 is 1.00 bits per heavy atom. The van der Waals surface area contributed by atoms with E-state index in [1.807, 2.05) is 48.5 Å². The van der Waals surface area contributed by atoms with E-state index in [4.69, 9.17) is 9.47 Å². The molecule has 16 heavy (non-hydrogen) atoms. The molecule has 0 aromatic heterocycles. The standard InChI is InChI=1S/C14H14O2/c1-15-13-9-5-3-7-11(13)12-8-4-6-10-14(12)16-2/h3-10H,1-2H3. The van der Waals surface area contributed by atoms with Crippen LogP contribution in [-0.2, 0) is 0 Å². The zero-order valence-corrected chi connectivity index (χ0v) is 9.44. The molecule has 0 heterocycles. The average Bonchev–Trinajstić information content (AvgIpc) is 2.38. The third-order valence-electron chi connectivity index (χ3n) is 2.50. The molecule has 0 aliphatic carbocycles. The van der Waals surface area contributed by atoms with Crippen molar-refractivity contribution in [2.75, 3.05) is 14.2 Å². The first-order chi connectivity index (χ1) is 7.86. The fraction of sp³-hybridized carbons (Fsp3) is 0.143. The molecule has 0 spiro atoms. The lowest BCUT2D eigenvalue weighted by atomic mass is 10.0. The number of hydrogen-bond acceptors (Lipinski definition) is 2. The molecule has 0 saturated heterocycles. The second kappa shape index (κ2) is 4.71. The Hall–Kier alpha value is -1.96. The van der Waals surface area contributed by atoms with Crippen molar-refractivity contribution < 1.29 is 9.47 Å². The minimum Gasteiger partial charge on any atom is -0.496 e. The highest BCUT2D eigenvalue weighted by Crippen LogP contribution is 2.35. The molecule has 0 amide bonds. The van der Waals surface area contributed by atoms with Crippen LogP contribution < -0.4 is 9.47 Å². The summed E-state index contributed by atoms with van der Waals surface area (Å²) in [7, 11) is 3.35. The molecule has 0 N–H and O–H groups in total. The van der Waals surface area contributed by atoms with Crippen LogP contribution in [0.3, 0.4) is 0 Å². The van der Waals surface area contributed by atoms with Gasteiger partial charge < -0.3 is 9.47 Å². The van der Waals surface area contributed by atoms with Crippen LogP contribution in [0.15, 0.2) is 48.5 Å². The second-order valence-electron chi connectivity index (χ2n) is 3.40. The quantitative estimate of drug-likeness (QED) is 0.779. The summed E-state index contributed by atoms with van der Waals surface area (Å²) in [6.45, 7) is 0. The van der Waals surface area contributed by atoms with Gasteiger partial charge in [-0.3, -0.25) is 0 Å².